The highest BCUT2D eigenvalue weighted by molar-refractivity contribution is 5.36. The fourth-order valence-electron chi connectivity index (χ4n) is 2.90. The number of para-hydroxylation sites is 1. The van der Waals surface area contributed by atoms with Crippen LogP contribution in [-0.4, -0.2) is 30.6 Å². The summed E-state index contributed by atoms with van der Waals surface area (Å²) in [6.07, 6.45) is 2.54. The van der Waals surface area contributed by atoms with Gasteiger partial charge in [-0.15, -0.1) is 0 Å². The maximum Gasteiger partial charge on any atom is 0.124 e. The van der Waals surface area contributed by atoms with Crippen LogP contribution < -0.4 is 10.5 Å². The Morgan fingerprint density at radius 3 is 2.83 bits per heavy atom. The molecule has 3 nitrogen and oxygen atoms in total. The lowest BCUT2D eigenvalue weighted by atomic mass is 10.0. The van der Waals surface area contributed by atoms with E-state index in [1.165, 1.54) is 18.4 Å². The van der Waals surface area contributed by atoms with Crippen molar-refractivity contribution in [2.45, 2.75) is 38.8 Å². The predicted octanol–water partition coefficient (Wildman–Crippen LogP) is 2.57. The molecule has 2 atom stereocenters. The summed E-state index contributed by atoms with van der Waals surface area (Å²) in [6, 6.07) is 9.19. The first-order chi connectivity index (χ1) is 8.77. The number of nitrogens with zero attached hydrogens (tertiary/aromatic N) is 1. The average Bonchev–Trinajstić information content (AvgIpc) is 2.79. The van der Waals surface area contributed by atoms with E-state index >= 15 is 0 Å². The molecule has 2 unspecified atom stereocenters. The normalized spacial score (nSPS) is 22.1. The molecule has 0 amide bonds. The summed E-state index contributed by atoms with van der Waals surface area (Å²) < 4.78 is 5.73. The summed E-state index contributed by atoms with van der Waals surface area (Å²) in [5.41, 5.74) is 7.25. The summed E-state index contributed by atoms with van der Waals surface area (Å²) in [5.74, 6) is 0.981. The number of hydrogen-bond donors (Lipinski definition) is 1. The maximum absolute atomic E-state index is 6.01. The molecule has 1 fully saturated rings. The van der Waals surface area contributed by atoms with Gasteiger partial charge < -0.3 is 10.5 Å². The van der Waals surface area contributed by atoms with Crippen molar-refractivity contribution in [1.82, 2.24) is 4.90 Å². The van der Waals surface area contributed by atoms with Crippen LogP contribution in [-0.2, 0) is 0 Å². The Labute approximate surface area is 110 Å². The van der Waals surface area contributed by atoms with Gasteiger partial charge in [0.2, 0.25) is 0 Å². The van der Waals surface area contributed by atoms with Crippen molar-refractivity contribution in [3.63, 3.8) is 0 Å². The van der Waals surface area contributed by atoms with Crippen molar-refractivity contribution in [3.05, 3.63) is 29.8 Å². The molecule has 1 heterocycles. The van der Waals surface area contributed by atoms with Crippen molar-refractivity contribution in [3.8, 4) is 5.75 Å². The Morgan fingerprint density at radius 1 is 1.44 bits per heavy atom. The van der Waals surface area contributed by atoms with E-state index in [1.807, 2.05) is 19.1 Å². The first kappa shape index (κ1) is 13.4. The van der Waals surface area contributed by atoms with E-state index in [0.717, 1.165) is 12.3 Å². The van der Waals surface area contributed by atoms with Crippen molar-refractivity contribution in [2.75, 3.05) is 19.7 Å². The van der Waals surface area contributed by atoms with Crippen LogP contribution >= 0.6 is 0 Å². The zero-order chi connectivity index (χ0) is 13.0. The second-order valence-corrected chi connectivity index (χ2v) is 4.95. The predicted molar refractivity (Wildman–Crippen MR) is 74.8 cm³/mol. The van der Waals surface area contributed by atoms with Gasteiger partial charge in [-0.25, -0.2) is 0 Å². The van der Waals surface area contributed by atoms with Crippen LogP contribution in [0.1, 0.15) is 38.3 Å². The molecule has 1 aliphatic rings. The molecular formula is C15H24N2O. The molecule has 0 aliphatic carbocycles. The first-order valence-corrected chi connectivity index (χ1v) is 6.95. The van der Waals surface area contributed by atoms with E-state index in [9.17, 15) is 0 Å². The molecule has 2 rings (SSSR count). The molecule has 100 valence electrons. The topological polar surface area (TPSA) is 38.5 Å². The molecule has 2 N–H and O–H groups in total. The van der Waals surface area contributed by atoms with Gasteiger partial charge in [0.15, 0.2) is 0 Å². The number of nitrogens with two attached hydrogens (primary N) is 1. The average molecular weight is 248 g/mol. The highest BCUT2D eigenvalue weighted by Crippen LogP contribution is 2.33. The molecule has 1 saturated heterocycles. The minimum absolute atomic E-state index is 0.283. The number of benzene rings is 1. The quantitative estimate of drug-likeness (QED) is 0.870. The van der Waals surface area contributed by atoms with Gasteiger partial charge in [0.1, 0.15) is 5.75 Å². The molecule has 0 radical (unpaired) electrons. The number of likely N-dealkylation sites (tertiary alicyclic amines) is 1. The minimum atomic E-state index is 0.283. The summed E-state index contributed by atoms with van der Waals surface area (Å²) in [6.45, 7) is 6.80. The fraction of sp³-hybridized carbons (Fsp3) is 0.600. The number of ether oxygens (including phenoxy) is 1. The SMILES string of the molecule is CCOc1ccccc1C(CN)N1CCCC1C. The van der Waals surface area contributed by atoms with Gasteiger partial charge in [-0.2, -0.15) is 0 Å². The van der Waals surface area contributed by atoms with Crippen LogP contribution in [0.3, 0.4) is 0 Å². The maximum atomic E-state index is 6.01. The van der Waals surface area contributed by atoms with E-state index in [4.69, 9.17) is 10.5 Å². The van der Waals surface area contributed by atoms with Gasteiger partial charge in [-0.1, -0.05) is 18.2 Å². The number of rotatable bonds is 5. The molecule has 0 spiro atoms. The van der Waals surface area contributed by atoms with Gasteiger partial charge in [-0.05, 0) is 39.3 Å². The van der Waals surface area contributed by atoms with E-state index in [-0.39, 0.29) is 6.04 Å². The van der Waals surface area contributed by atoms with Crippen molar-refractivity contribution in [1.29, 1.82) is 0 Å². The third kappa shape index (κ3) is 2.68. The van der Waals surface area contributed by atoms with Crippen molar-refractivity contribution in [2.24, 2.45) is 5.73 Å². The third-order valence-electron chi connectivity index (χ3n) is 3.81. The first-order valence-electron chi connectivity index (χ1n) is 6.95. The Morgan fingerprint density at radius 2 is 2.22 bits per heavy atom. The van der Waals surface area contributed by atoms with Crippen molar-refractivity contribution >= 4 is 0 Å². The highest BCUT2D eigenvalue weighted by atomic mass is 16.5. The van der Waals surface area contributed by atoms with Crippen LogP contribution in [0.2, 0.25) is 0 Å². The van der Waals surface area contributed by atoms with E-state index in [2.05, 4.69) is 24.0 Å². The molecule has 1 aliphatic heterocycles. The fourth-order valence-corrected chi connectivity index (χ4v) is 2.90. The number of hydrogen-bond acceptors (Lipinski definition) is 3. The standard InChI is InChI=1S/C15H24N2O/c1-3-18-15-9-5-4-8-13(15)14(11-16)17-10-6-7-12(17)2/h4-5,8-9,12,14H,3,6-7,10-11,16H2,1-2H3. The Balaban J connectivity index is 2.26. The molecule has 18 heavy (non-hydrogen) atoms. The molecule has 0 bridgehead atoms. The summed E-state index contributed by atoms with van der Waals surface area (Å²) in [7, 11) is 0. The largest absolute Gasteiger partial charge is 0.494 e. The van der Waals surface area contributed by atoms with Gasteiger partial charge >= 0.3 is 0 Å². The summed E-state index contributed by atoms with van der Waals surface area (Å²) in [4.78, 5) is 2.51. The molecule has 0 saturated carbocycles. The molecular weight excluding hydrogens is 224 g/mol. The Kier molecular flexibility index (Phi) is 4.61. The van der Waals surface area contributed by atoms with Crippen LogP contribution in [0.25, 0.3) is 0 Å². The zero-order valence-electron chi connectivity index (χ0n) is 11.4. The van der Waals surface area contributed by atoms with Gasteiger partial charge in [0.05, 0.1) is 12.6 Å². The summed E-state index contributed by atoms with van der Waals surface area (Å²) >= 11 is 0. The molecule has 3 heteroatoms. The summed E-state index contributed by atoms with van der Waals surface area (Å²) in [5, 5.41) is 0. The van der Waals surface area contributed by atoms with Crippen LogP contribution in [0.4, 0.5) is 0 Å². The monoisotopic (exact) mass is 248 g/mol. The third-order valence-corrected chi connectivity index (χ3v) is 3.81. The molecule has 1 aromatic rings. The van der Waals surface area contributed by atoms with Crippen molar-refractivity contribution < 1.29 is 4.74 Å². The zero-order valence-corrected chi connectivity index (χ0v) is 11.4. The van der Waals surface area contributed by atoms with Gasteiger partial charge in [-0.3, -0.25) is 4.90 Å². The Bertz CT molecular complexity index is 381. The van der Waals surface area contributed by atoms with E-state index in [1.54, 1.807) is 0 Å². The van der Waals surface area contributed by atoms with Gasteiger partial charge in [0, 0.05) is 18.2 Å². The van der Waals surface area contributed by atoms with Crippen LogP contribution in [0, 0.1) is 0 Å². The Hall–Kier alpha value is -1.06. The lowest BCUT2D eigenvalue weighted by Gasteiger charge is -2.31. The lowest BCUT2D eigenvalue weighted by molar-refractivity contribution is 0.190. The van der Waals surface area contributed by atoms with Crippen LogP contribution in [0.15, 0.2) is 24.3 Å². The lowest BCUT2D eigenvalue weighted by Crippen LogP contribution is -2.36. The second-order valence-electron chi connectivity index (χ2n) is 4.95. The smallest absolute Gasteiger partial charge is 0.124 e. The minimum Gasteiger partial charge on any atom is -0.494 e. The highest BCUT2D eigenvalue weighted by Gasteiger charge is 2.29. The molecule has 1 aromatic carbocycles. The second kappa shape index (κ2) is 6.21. The molecule has 0 aromatic heterocycles. The van der Waals surface area contributed by atoms with Gasteiger partial charge in [0.25, 0.3) is 0 Å². The van der Waals surface area contributed by atoms with E-state index in [0.29, 0.717) is 19.2 Å². The van der Waals surface area contributed by atoms with Crippen LogP contribution in [0.5, 0.6) is 5.75 Å². The van der Waals surface area contributed by atoms with E-state index < -0.39 is 0 Å².